The van der Waals surface area contributed by atoms with Crippen molar-refractivity contribution in [2.75, 3.05) is 30.4 Å². The Labute approximate surface area is 143 Å². The fraction of sp³-hybridized carbons (Fsp3) is 0.444. The molecule has 6 heteroatoms. The number of hydrogen-bond donors (Lipinski definition) is 1. The van der Waals surface area contributed by atoms with Gasteiger partial charge in [-0.15, -0.1) is 0 Å². The molecule has 2 heterocycles. The number of amides is 2. The molecule has 1 saturated heterocycles. The molecule has 1 atom stereocenters. The Morgan fingerprint density at radius 2 is 2.12 bits per heavy atom. The highest BCUT2D eigenvalue weighted by molar-refractivity contribution is 5.89. The van der Waals surface area contributed by atoms with Gasteiger partial charge in [0.2, 0.25) is 0 Å². The van der Waals surface area contributed by atoms with Gasteiger partial charge in [0.15, 0.2) is 0 Å². The topological polar surface area (TPSA) is 53.4 Å². The molecule has 1 aromatic carbocycles. The van der Waals surface area contributed by atoms with E-state index in [0.29, 0.717) is 6.54 Å². The Hall–Kier alpha value is -2.50. The normalized spacial score (nSPS) is 17.1. The largest absolute Gasteiger partial charge is 0.371 e. The summed E-state index contributed by atoms with van der Waals surface area (Å²) >= 11 is 0. The Kier molecular flexibility index (Phi) is 4.74. The zero-order valence-corrected chi connectivity index (χ0v) is 14.6. The first-order valence-corrected chi connectivity index (χ1v) is 8.36. The zero-order chi connectivity index (χ0) is 17.1. The van der Waals surface area contributed by atoms with Gasteiger partial charge in [-0.3, -0.25) is 4.68 Å². The maximum Gasteiger partial charge on any atom is 0.321 e. The van der Waals surface area contributed by atoms with Crippen molar-refractivity contribution in [3.05, 3.63) is 42.2 Å². The molecule has 2 aromatic rings. The van der Waals surface area contributed by atoms with Gasteiger partial charge in [-0.25, -0.2) is 4.79 Å². The lowest BCUT2D eigenvalue weighted by molar-refractivity contribution is 0.220. The van der Waals surface area contributed by atoms with Crippen LogP contribution in [0, 0.1) is 5.92 Å². The highest BCUT2D eigenvalue weighted by Crippen LogP contribution is 2.24. The van der Waals surface area contributed by atoms with Crippen molar-refractivity contribution in [1.82, 2.24) is 14.7 Å². The summed E-state index contributed by atoms with van der Waals surface area (Å²) in [6, 6.07) is 7.97. The zero-order valence-electron chi connectivity index (χ0n) is 14.6. The summed E-state index contributed by atoms with van der Waals surface area (Å²) in [4.78, 5) is 16.3. The summed E-state index contributed by atoms with van der Waals surface area (Å²) < 4.78 is 1.74. The first kappa shape index (κ1) is 16.4. The Bertz CT molecular complexity index is 694. The molecule has 1 N–H and O–H groups in total. The molecule has 0 spiro atoms. The van der Waals surface area contributed by atoms with E-state index in [4.69, 9.17) is 0 Å². The maximum absolute atomic E-state index is 12.3. The van der Waals surface area contributed by atoms with Gasteiger partial charge in [0.05, 0.1) is 12.7 Å². The summed E-state index contributed by atoms with van der Waals surface area (Å²) in [5, 5.41) is 7.06. The number of anilines is 2. The van der Waals surface area contributed by atoms with E-state index in [9.17, 15) is 4.79 Å². The van der Waals surface area contributed by atoms with Gasteiger partial charge in [-0.05, 0) is 36.6 Å². The average molecular weight is 327 g/mol. The second-order valence-electron chi connectivity index (χ2n) is 6.70. The molecule has 0 radical (unpaired) electrons. The molecule has 0 unspecified atom stereocenters. The second kappa shape index (κ2) is 6.95. The van der Waals surface area contributed by atoms with Gasteiger partial charge in [-0.2, -0.15) is 5.10 Å². The smallest absolute Gasteiger partial charge is 0.321 e. The molecule has 128 valence electrons. The molecule has 2 amide bonds. The van der Waals surface area contributed by atoms with Crippen molar-refractivity contribution >= 4 is 17.4 Å². The highest BCUT2D eigenvalue weighted by atomic mass is 16.2. The van der Waals surface area contributed by atoms with Crippen LogP contribution in [0.5, 0.6) is 0 Å². The Morgan fingerprint density at radius 1 is 1.38 bits per heavy atom. The SMILES string of the molecule is C[C@H]1CCN(c2ccc(NC(=O)N(C)Cc3cnn(C)c3)cc2)C1. The lowest BCUT2D eigenvalue weighted by Gasteiger charge is -2.20. The van der Waals surface area contributed by atoms with E-state index in [1.165, 1.54) is 12.1 Å². The fourth-order valence-electron chi connectivity index (χ4n) is 3.04. The van der Waals surface area contributed by atoms with Gasteiger partial charge in [0.1, 0.15) is 0 Å². The van der Waals surface area contributed by atoms with E-state index >= 15 is 0 Å². The molecular formula is C18H25N5O. The van der Waals surface area contributed by atoms with Crippen molar-refractivity contribution in [3.63, 3.8) is 0 Å². The van der Waals surface area contributed by atoms with Crippen LogP contribution < -0.4 is 10.2 Å². The van der Waals surface area contributed by atoms with Crippen LogP contribution in [0.4, 0.5) is 16.2 Å². The fourth-order valence-corrected chi connectivity index (χ4v) is 3.04. The van der Waals surface area contributed by atoms with Crippen LogP contribution in [-0.2, 0) is 13.6 Å². The molecule has 3 rings (SSSR count). The summed E-state index contributed by atoms with van der Waals surface area (Å²) in [6.07, 6.45) is 4.93. The van der Waals surface area contributed by atoms with Crippen molar-refractivity contribution in [2.24, 2.45) is 13.0 Å². The number of nitrogens with one attached hydrogen (secondary N) is 1. The van der Waals surface area contributed by atoms with E-state index in [1.54, 1.807) is 22.8 Å². The van der Waals surface area contributed by atoms with Crippen molar-refractivity contribution in [1.29, 1.82) is 0 Å². The standard InChI is InChI=1S/C18H25N5O/c1-14-8-9-23(11-14)17-6-4-16(5-7-17)20-18(24)21(2)12-15-10-19-22(3)13-15/h4-7,10,13-14H,8-9,11-12H2,1-3H3,(H,20,24)/t14-/m0/s1. The quantitative estimate of drug-likeness (QED) is 0.939. The van der Waals surface area contributed by atoms with Crippen molar-refractivity contribution in [3.8, 4) is 0 Å². The maximum atomic E-state index is 12.3. The van der Waals surface area contributed by atoms with Crippen LogP contribution in [0.15, 0.2) is 36.7 Å². The molecule has 1 aliphatic heterocycles. The van der Waals surface area contributed by atoms with E-state index in [2.05, 4.69) is 34.4 Å². The molecule has 1 fully saturated rings. The van der Waals surface area contributed by atoms with Crippen LogP contribution in [0.3, 0.4) is 0 Å². The Balaban J connectivity index is 1.56. The van der Waals surface area contributed by atoms with Gasteiger partial charge >= 0.3 is 6.03 Å². The van der Waals surface area contributed by atoms with Gasteiger partial charge in [0, 0.05) is 50.3 Å². The molecular weight excluding hydrogens is 302 g/mol. The lowest BCUT2D eigenvalue weighted by atomic mass is 10.2. The van der Waals surface area contributed by atoms with E-state index in [0.717, 1.165) is 30.3 Å². The molecule has 0 aliphatic carbocycles. The third-order valence-corrected chi connectivity index (χ3v) is 4.43. The summed E-state index contributed by atoms with van der Waals surface area (Å²) in [6.45, 7) is 5.04. The van der Waals surface area contributed by atoms with E-state index in [-0.39, 0.29) is 6.03 Å². The number of rotatable bonds is 4. The number of carbonyl (C=O) groups is 1. The second-order valence-corrected chi connectivity index (χ2v) is 6.70. The van der Waals surface area contributed by atoms with Crippen LogP contribution in [0.1, 0.15) is 18.9 Å². The molecule has 24 heavy (non-hydrogen) atoms. The number of aryl methyl sites for hydroxylation is 1. The first-order valence-electron chi connectivity index (χ1n) is 8.36. The Morgan fingerprint density at radius 3 is 2.71 bits per heavy atom. The third kappa shape index (κ3) is 3.88. The molecule has 6 nitrogen and oxygen atoms in total. The van der Waals surface area contributed by atoms with Gasteiger partial charge < -0.3 is 15.1 Å². The van der Waals surface area contributed by atoms with E-state index < -0.39 is 0 Å². The summed E-state index contributed by atoms with van der Waals surface area (Å²) in [7, 11) is 3.65. The van der Waals surface area contributed by atoms with Crippen molar-refractivity contribution < 1.29 is 4.79 Å². The lowest BCUT2D eigenvalue weighted by Crippen LogP contribution is -2.30. The number of benzene rings is 1. The predicted molar refractivity (Wildman–Crippen MR) is 96.1 cm³/mol. The van der Waals surface area contributed by atoms with Crippen LogP contribution in [0.25, 0.3) is 0 Å². The average Bonchev–Trinajstić information content (AvgIpc) is 3.16. The van der Waals surface area contributed by atoms with Crippen molar-refractivity contribution in [2.45, 2.75) is 19.9 Å². The minimum absolute atomic E-state index is 0.124. The van der Waals surface area contributed by atoms with Gasteiger partial charge in [-0.1, -0.05) is 6.92 Å². The number of carbonyl (C=O) groups excluding carboxylic acids is 1. The van der Waals surface area contributed by atoms with Gasteiger partial charge in [0.25, 0.3) is 0 Å². The van der Waals surface area contributed by atoms with Crippen LogP contribution in [0.2, 0.25) is 0 Å². The van der Waals surface area contributed by atoms with Crippen LogP contribution in [-0.4, -0.2) is 40.8 Å². The molecule has 0 bridgehead atoms. The number of nitrogens with zero attached hydrogens (tertiary/aromatic N) is 4. The minimum Gasteiger partial charge on any atom is -0.371 e. The monoisotopic (exact) mass is 327 g/mol. The molecule has 1 aliphatic rings. The third-order valence-electron chi connectivity index (χ3n) is 4.43. The van der Waals surface area contributed by atoms with E-state index in [1.807, 2.05) is 25.4 Å². The summed E-state index contributed by atoms with van der Waals surface area (Å²) in [5.41, 5.74) is 3.05. The number of aromatic nitrogens is 2. The molecule has 1 aromatic heterocycles. The molecule has 0 saturated carbocycles. The minimum atomic E-state index is -0.124. The predicted octanol–water partition coefficient (Wildman–Crippen LogP) is 2.93. The number of hydrogen-bond acceptors (Lipinski definition) is 3. The van der Waals surface area contributed by atoms with Crippen LogP contribution >= 0.6 is 0 Å². The summed E-state index contributed by atoms with van der Waals surface area (Å²) in [5.74, 6) is 0.755. The number of urea groups is 1. The first-order chi connectivity index (χ1) is 11.5. The highest BCUT2D eigenvalue weighted by Gasteiger charge is 2.18.